The third-order valence-electron chi connectivity index (χ3n) is 2.27. The van der Waals surface area contributed by atoms with Gasteiger partial charge in [0.25, 0.3) is 11.1 Å². The molecular weight excluding hydrogens is 262 g/mol. The zero-order valence-corrected chi connectivity index (χ0v) is 11.5. The molecule has 0 radical (unpaired) electrons. The molecule has 0 atom stereocenters. The maximum Gasteiger partial charge on any atom is 0.277 e. The molecule has 98 valence electrons. The first-order valence-electron chi connectivity index (χ1n) is 5.70. The Morgan fingerprint density at radius 2 is 2.00 bits per heavy atom. The second kappa shape index (κ2) is 6.25. The van der Waals surface area contributed by atoms with Crippen LogP contribution in [0.2, 0.25) is 0 Å². The van der Waals surface area contributed by atoms with Gasteiger partial charge < -0.3 is 9.15 Å². The number of thioether (sulfide) groups is 1. The minimum Gasteiger partial charge on any atom is -0.484 e. The Kier molecular flexibility index (Phi) is 4.42. The van der Waals surface area contributed by atoms with E-state index in [9.17, 15) is 0 Å². The van der Waals surface area contributed by atoms with E-state index in [4.69, 9.17) is 14.4 Å². The lowest BCUT2D eigenvalue weighted by molar-refractivity contribution is 0.252. The van der Waals surface area contributed by atoms with Crippen LogP contribution in [0, 0.1) is 25.2 Å². The number of aromatic nitrogens is 2. The average Bonchev–Trinajstić information content (AvgIpc) is 2.81. The van der Waals surface area contributed by atoms with E-state index in [-0.39, 0.29) is 6.61 Å². The van der Waals surface area contributed by atoms with Crippen molar-refractivity contribution >= 4 is 11.8 Å². The van der Waals surface area contributed by atoms with Crippen molar-refractivity contribution in [2.24, 2.45) is 0 Å². The van der Waals surface area contributed by atoms with E-state index in [1.165, 1.54) is 11.8 Å². The molecule has 1 heterocycles. The molecule has 19 heavy (non-hydrogen) atoms. The third-order valence-corrected chi connectivity index (χ3v) is 2.95. The van der Waals surface area contributed by atoms with Crippen LogP contribution in [-0.2, 0) is 6.61 Å². The zero-order chi connectivity index (χ0) is 13.7. The summed E-state index contributed by atoms with van der Waals surface area (Å²) in [4.78, 5) is 0. The highest BCUT2D eigenvalue weighted by atomic mass is 32.2. The monoisotopic (exact) mass is 275 g/mol. The second-order valence-electron chi connectivity index (χ2n) is 4.02. The van der Waals surface area contributed by atoms with Gasteiger partial charge in [-0.05, 0) is 37.1 Å². The summed E-state index contributed by atoms with van der Waals surface area (Å²) >= 11 is 1.21. The maximum atomic E-state index is 8.45. The standard InChI is InChI=1S/C13H13N3O2S/c1-9-5-10(2)7-11(6-9)17-8-12-15-16-13(18-12)19-4-3-14/h5-7H,4,8H2,1-2H3. The molecule has 0 saturated carbocycles. The van der Waals surface area contributed by atoms with Gasteiger partial charge in [-0.2, -0.15) is 5.26 Å². The largest absolute Gasteiger partial charge is 0.484 e. The first kappa shape index (κ1) is 13.4. The van der Waals surface area contributed by atoms with Gasteiger partial charge in [0.15, 0.2) is 6.61 Å². The summed E-state index contributed by atoms with van der Waals surface area (Å²) in [5.41, 5.74) is 2.29. The van der Waals surface area contributed by atoms with Gasteiger partial charge in [0.2, 0.25) is 0 Å². The highest BCUT2D eigenvalue weighted by molar-refractivity contribution is 7.99. The molecule has 0 aliphatic heterocycles. The van der Waals surface area contributed by atoms with E-state index in [2.05, 4.69) is 16.3 Å². The van der Waals surface area contributed by atoms with Crippen molar-refractivity contribution in [3.05, 3.63) is 35.2 Å². The molecule has 2 aromatic rings. The number of hydrogen-bond acceptors (Lipinski definition) is 6. The summed E-state index contributed by atoms with van der Waals surface area (Å²) in [5.74, 6) is 1.47. The fraction of sp³-hybridized carbons (Fsp3) is 0.308. The van der Waals surface area contributed by atoms with Crippen molar-refractivity contribution in [3.8, 4) is 11.8 Å². The van der Waals surface area contributed by atoms with Crippen LogP contribution in [0.15, 0.2) is 27.8 Å². The molecule has 0 saturated heterocycles. The lowest BCUT2D eigenvalue weighted by Crippen LogP contribution is -1.96. The van der Waals surface area contributed by atoms with Crippen LogP contribution in [-0.4, -0.2) is 16.0 Å². The highest BCUT2D eigenvalue weighted by Gasteiger charge is 2.07. The van der Waals surface area contributed by atoms with Crippen LogP contribution < -0.4 is 4.74 Å². The fourth-order valence-electron chi connectivity index (χ4n) is 1.61. The smallest absolute Gasteiger partial charge is 0.277 e. The van der Waals surface area contributed by atoms with E-state index in [1.54, 1.807) is 0 Å². The number of aryl methyl sites for hydroxylation is 2. The zero-order valence-electron chi connectivity index (χ0n) is 10.7. The molecule has 1 aromatic heterocycles. The number of nitriles is 1. The second-order valence-corrected chi connectivity index (χ2v) is 4.95. The molecule has 0 aliphatic carbocycles. The van der Waals surface area contributed by atoms with Crippen molar-refractivity contribution in [1.29, 1.82) is 5.26 Å². The molecule has 5 nitrogen and oxygen atoms in total. The molecule has 0 amide bonds. The molecule has 0 spiro atoms. The minimum atomic E-state index is 0.225. The van der Waals surface area contributed by atoms with Gasteiger partial charge in [0.1, 0.15) is 5.75 Å². The van der Waals surface area contributed by atoms with E-state index < -0.39 is 0 Å². The van der Waals surface area contributed by atoms with Gasteiger partial charge in [0.05, 0.1) is 11.8 Å². The summed E-state index contributed by atoms with van der Waals surface area (Å²) in [5, 5.41) is 16.5. The normalized spacial score (nSPS) is 10.2. The predicted molar refractivity (Wildman–Crippen MR) is 70.9 cm³/mol. The Hall–Kier alpha value is -2.00. The lowest BCUT2D eigenvalue weighted by Gasteiger charge is -2.05. The van der Waals surface area contributed by atoms with E-state index in [0.717, 1.165) is 16.9 Å². The summed E-state index contributed by atoms with van der Waals surface area (Å²) in [6.45, 7) is 4.26. The summed E-state index contributed by atoms with van der Waals surface area (Å²) in [6, 6.07) is 7.99. The van der Waals surface area contributed by atoms with Crippen LogP contribution in [0.4, 0.5) is 0 Å². The van der Waals surface area contributed by atoms with Crippen molar-refractivity contribution in [3.63, 3.8) is 0 Å². The lowest BCUT2D eigenvalue weighted by atomic mass is 10.1. The molecule has 0 unspecified atom stereocenters. The quantitative estimate of drug-likeness (QED) is 0.781. The Labute approximate surface area is 115 Å². The molecule has 6 heteroatoms. The maximum absolute atomic E-state index is 8.45. The van der Waals surface area contributed by atoms with E-state index >= 15 is 0 Å². The number of hydrogen-bond donors (Lipinski definition) is 0. The van der Waals surface area contributed by atoms with Crippen LogP contribution in [0.25, 0.3) is 0 Å². The van der Waals surface area contributed by atoms with Crippen molar-refractivity contribution in [2.75, 3.05) is 5.75 Å². The molecule has 0 aliphatic rings. The molecule has 2 rings (SSSR count). The molecular formula is C13H13N3O2S. The van der Waals surface area contributed by atoms with Crippen LogP contribution in [0.1, 0.15) is 17.0 Å². The highest BCUT2D eigenvalue weighted by Crippen LogP contribution is 2.19. The average molecular weight is 275 g/mol. The number of ether oxygens (including phenoxy) is 1. The van der Waals surface area contributed by atoms with Gasteiger partial charge >= 0.3 is 0 Å². The Morgan fingerprint density at radius 1 is 1.26 bits per heavy atom. The van der Waals surface area contributed by atoms with Crippen molar-refractivity contribution in [1.82, 2.24) is 10.2 Å². The molecule has 0 fully saturated rings. The van der Waals surface area contributed by atoms with Crippen molar-refractivity contribution < 1.29 is 9.15 Å². The predicted octanol–water partition coefficient (Wildman–Crippen LogP) is 2.88. The Morgan fingerprint density at radius 3 is 2.68 bits per heavy atom. The van der Waals surface area contributed by atoms with Gasteiger partial charge in [-0.1, -0.05) is 17.8 Å². The SMILES string of the molecule is Cc1cc(C)cc(OCc2nnc(SCC#N)o2)c1. The van der Waals surface area contributed by atoms with Crippen LogP contribution in [0.5, 0.6) is 5.75 Å². The number of rotatable bonds is 5. The Bertz CT molecular complexity index is 584. The first-order valence-corrected chi connectivity index (χ1v) is 6.69. The molecule has 0 bridgehead atoms. The summed E-state index contributed by atoms with van der Waals surface area (Å²) in [7, 11) is 0. The third kappa shape index (κ3) is 4.00. The van der Waals surface area contributed by atoms with Crippen LogP contribution in [0.3, 0.4) is 0 Å². The molecule has 1 aromatic carbocycles. The van der Waals surface area contributed by atoms with Gasteiger partial charge in [-0.3, -0.25) is 0 Å². The van der Waals surface area contributed by atoms with E-state index in [1.807, 2.05) is 32.0 Å². The van der Waals surface area contributed by atoms with E-state index in [0.29, 0.717) is 16.9 Å². The van der Waals surface area contributed by atoms with Gasteiger partial charge in [-0.15, -0.1) is 10.2 Å². The minimum absolute atomic E-state index is 0.225. The molecule has 0 N–H and O–H groups in total. The number of benzene rings is 1. The Balaban J connectivity index is 1.95. The van der Waals surface area contributed by atoms with Crippen molar-refractivity contribution in [2.45, 2.75) is 25.7 Å². The number of nitrogens with zero attached hydrogens (tertiary/aromatic N) is 3. The van der Waals surface area contributed by atoms with Gasteiger partial charge in [0, 0.05) is 0 Å². The summed E-state index contributed by atoms with van der Waals surface area (Å²) < 4.78 is 10.9. The van der Waals surface area contributed by atoms with Gasteiger partial charge in [-0.25, -0.2) is 0 Å². The fourth-order valence-corrected chi connectivity index (χ4v) is 2.05. The summed E-state index contributed by atoms with van der Waals surface area (Å²) in [6.07, 6.45) is 0. The topological polar surface area (TPSA) is 71.9 Å². The van der Waals surface area contributed by atoms with Crippen LogP contribution >= 0.6 is 11.8 Å². The first-order chi connectivity index (χ1) is 9.17.